The van der Waals surface area contributed by atoms with Crippen molar-refractivity contribution in [1.82, 2.24) is 14.9 Å². The number of benzene rings is 1. The Morgan fingerprint density at radius 3 is 2.74 bits per heavy atom. The number of aryl methyl sites for hydroxylation is 1. The first-order chi connectivity index (χ1) is 13.1. The maximum absolute atomic E-state index is 13.0. The van der Waals surface area contributed by atoms with Crippen LogP contribution in [-0.2, 0) is 11.3 Å². The Bertz CT molecular complexity index is 994. The van der Waals surface area contributed by atoms with E-state index in [1.807, 2.05) is 37.3 Å². The zero-order chi connectivity index (χ0) is 19.2. The number of carbonyl (C=O) groups is 1. The van der Waals surface area contributed by atoms with E-state index in [4.69, 9.17) is 4.74 Å². The van der Waals surface area contributed by atoms with E-state index in [0.29, 0.717) is 31.8 Å². The molecule has 2 heterocycles. The molecule has 1 amide bonds. The zero-order valence-corrected chi connectivity index (χ0v) is 15.6. The molecule has 0 saturated heterocycles. The third kappa shape index (κ3) is 4.41. The van der Waals surface area contributed by atoms with Gasteiger partial charge in [-0.15, -0.1) is 0 Å². The van der Waals surface area contributed by atoms with Gasteiger partial charge in [-0.2, -0.15) is 0 Å². The quantitative estimate of drug-likeness (QED) is 0.653. The summed E-state index contributed by atoms with van der Waals surface area (Å²) in [4.78, 5) is 29.9. The molecular weight excluding hydrogens is 342 g/mol. The summed E-state index contributed by atoms with van der Waals surface area (Å²) >= 11 is 0. The number of hydrogen-bond acceptors (Lipinski definition) is 4. The van der Waals surface area contributed by atoms with E-state index < -0.39 is 0 Å². The van der Waals surface area contributed by atoms with Crippen LogP contribution in [0.1, 0.15) is 27.9 Å². The van der Waals surface area contributed by atoms with Gasteiger partial charge in [0.2, 0.25) is 0 Å². The Morgan fingerprint density at radius 2 is 2.00 bits per heavy atom. The number of pyridine rings is 2. The third-order valence-corrected chi connectivity index (χ3v) is 4.36. The molecular formula is C21H23N3O3. The molecule has 0 atom stereocenters. The van der Waals surface area contributed by atoms with Crippen LogP contribution in [0, 0.1) is 6.92 Å². The molecule has 6 heteroatoms. The minimum atomic E-state index is -0.375. The number of hydrogen-bond donors (Lipinski definition) is 1. The van der Waals surface area contributed by atoms with E-state index in [-0.39, 0.29) is 17.0 Å². The van der Waals surface area contributed by atoms with Gasteiger partial charge in [0.15, 0.2) is 0 Å². The predicted molar refractivity (Wildman–Crippen MR) is 105 cm³/mol. The van der Waals surface area contributed by atoms with Crippen LogP contribution < -0.4 is 10.9 Å². The lowest BCUT2D eigenvalue weighted by molar-refractivity contribution is 0.0946. The fourth-order valence-electron chi connectivity index (χ4n) is 2.91. The molecule has 0 fully saturated rings. The average molecular weight is 365 g/mol. The maximum Gasteiger partial charge on any atom is 0.265 e. The molecule has 0 aliphatic rings. The third-order valence-electron chi connectivity index (χ3n) is 4.36. The molecule has 3 aromatic rings. The fourth-order valence-corrected chi connectivity index (χ4v) is 2.91. The topological polar surface area (TPSA) is 73.2 Å². The van der Waals surface area contributed by atoms with Crippen LogP contribution in [0.2, 0.25) is 0 Å². The Hall–Kier alpha value is -2.99. The van der Waals surface area contributed by atoms with E-state index in [1.54, 1.807) is 30.0 Å². The molecule has 0 aliphatic carbocycles. The summed E-state index contributed by atoms with van der Waals surface area (Å²) < 4.78 is 6.54. The van der Waals surface area contributed by atoms with Crippen LogP contribution in [-0.4, -0.2) is 35.7 Å². The van der Waals surface area contributed by atoms with Crippen molar-refractivity contribution >= 4 is 16.9 Å². The monoisotopic (exact) mass is 365 g/mol. The van der Waals surface area contributed by atoms with Crippen molar-refractivity contribution in [2.24, 2.45) is 0 Å². The number of nitrogens with one attached hydrogen (secondary N) is 1. The lowest BCUT2D eigenvalue weighted by Gasteiger charge is -2.12. The molecule has 0 radical (unpaired) electrons. The van der Waals surface area contributed by atoms with Crippen molar-refractivity contribution in [2.75, 3.05) is 20.3 Å². The molecule has 3 rings (SSSR count). The van der Waals surface area contributed by atoms with E-state index in [9.17, 15) is 9.59 Å². The van der Waals surface area contributed by atoms with Crippen molar-refractivity contribution < 1.29 is 9.53 Å². The second-order valence-corrected chi connectivity index (χ2v) is 6.45. The van der Waals surface area contributed by atoms with Crippen molar-refractivity contribution in [3.63, 3.8) is 0 Å². The summed E-state index contributed by atoms with van der Waals surface area (Å²) in [6.45, 7) is 3.38. The summed E-state index contributed by atoms with van der Waals surface area (Å²) in [5, 5.41) is 3.54. The SMILES string of the molecule is COCCCNC(=O)c1cc2cccnc2n(Cc2ccc(C)cc2)c1=O. The molecule has 0 bridgehead atoms. The Labute approximate surface area is 157 Å². The second kappa shape index (κ2) is 8.60. The van der Waals surface area contributed by atoms with Crippen molar-refractivity contribution in [2.45, 2.75) is 19.9 Å². The molecule has 27 heavy (non-hydrogen) atoms. The smallest absolute Gasteiger partial charge is 0.265 e. The first-order valence-electron chi connectivity index (χ1n) is 8.91. The van der Waals surface area contributed by atoms with Crippen molar-refractivity contribution in [1.29, 1.82) is 0 Å². The molecule has 2 aromatic heterocycles. The highest BCUT2D eigenvalue weighted by Gasteiger charge is 2.16. The summed E-state index contributed by atoms with van der Waals surface area (Å²) in [5.74, 6) is -0.375. The number of amides is 1. The normalized spacial score (nSPS) is 10.9. The zero-order valence-electron chi connectivity index (χ0n) is 15.6. The molecule has 0 aliphatic heterocycles. The van der Waals surface area contributed by atoms with Crippen LogP contribution in [0.4, 0.5) is 0 Å². The van der Waals surface area contributed by atoms with Gasteiger partial charge in [0.1, 0.15) is 11.2 Å². The maximum atomic E-state index is 13.0. The van der Waals surface area contributed by atoms with Crippen LogP contribution in [0.25, 0.3) is 11.0 Å². The fraction of sp³-hybridized carbons (Fsp3) is 0.286. The number of rotatable bonds is 7. The van der Waals surface area contributed by atoms with Gasteiger partial charge in [-0.1, -0.05) is 29.8 Å². The van der Waals surface area contributed by atoms with Gasteiger partial charge in [-0.25, -0.2) is 4.98 Å². The molecule has 1 aromatic carbocycles. The van der Waals surface area contributed by atoms with Gasteiger partial charge in [0.25, 0.3) is 11.5 Å². The minimum Gasteiger partial charge on any atom is -0.385 e. The first-order valence-corrected chi connectivity index (χ1v) is 8.91. The van der Waals surface area contributed by atoms with Crippen molar-refractivity contribution in [3.05, 3.63) is 75.7 Å². The van der Waals surface area contributed by atoms with Gasteiger partial charge in [0, 0.05) is 31.8 Å². The number of methoxy groups -OCH3 is 1. The number of carbonyl (C=O) groups excluding carboxylic acids is 1. The largest absolute Gasteiger partial charge is 0.385 e. The summed E-state index contributed by atoms with van der Waals surface area (Å²) in [7, 11) is 1.61. The average Bonchev–Trinajstić information content (AvgIpc) is 2.68. The first kappa shape index (κ1) is 18.8. The number of aromatic nitrogens is 2. The van der Waals surface area contributed by atoms with Crippen LogP contribution in [0.3, 0.4) is 0 Å². The Morgan fingerprint density at radius 1 is 1.22 bits per heavy atom. The Balaban J connectivity index is 1.98. The van der Waals surface area contributed by atoms with E-state index in [1.165, 1.54) is 0 Å². The summed E-state index contributed by atoms with van der Waals surface area (Å²) in [5.41, 5.74) is 2.48. The number of ether oxygens (including phenoxy) is 1. The Kier molecular flexibility index (Phi) is 5.98. The van der Waals surface area contributed by atoms with Crippen LogP contribution in [0.15, 0.2) is 53.5 Å². The highest BCUT2D eigenvalue weighted by atomic mass is 16.5. The lowest BCUT2D eigenvalue weighted by Crippen LogP contribution is -2.34. The number of fused-ring (bicyclic) bond motifs is 1. The lowest BCUT2D eigenvalue weighted by atomic mass is 10.1. The highest BCUT2D eigenvalue weighted by molar-refractivity contribution is 5.96. The molecule has 140 valence electrons. The highest BCUT2D eigenvalue weighted by Crippen LogP contribution is 2.13. The standard InChI is InChI=1S/C21H23N3O3/c1-15-6-8-16(9-7-15)14-24-19-17(5-3-10-22-19)13-18(21(24)26)20(25)23-11-4-12-27-2/h3,5-10,13H,4,11-12,14H2,1-2H3,(H,23,25). The molecule has 0 unspecified atom stereocenters. The van der Waals surface area contributed by atoms with Crippen LogP contribution >= 0.6 is 0 Å². The molecule has 0 spiro atoms. The summed E-state index contributed by atoms with van der Waals surface area (Å²) in [6, 6.07) is 13.2. The van der Waals surface area contributed by atoms with Gasteiger partial charge >= 0.3 is 0 Å². The minimum absolute atomic E-state index is 0.125. The van der Waals surface area contributed by atoms with Gasteiger partial charge in [-0.05, 0) is 37.1 Å². The van der Waals surface area contributed by atoms with E-state index >= 15 is 0 Å². The number of nitrogens with zero attached hydrogens (tertiary/aromatic N) is 2. The van der Waals surface area contributed by atoms with Gasteiger partial charge < -0.3 is 10.1 Å². The second-order valence-electron chi connectivity index (χ2n) is 6.45. The van der Waals surface area contributed by atoms with E-state index in [0.717, 1.165) is 16.5 Å². The van der Waals surface area contributed by atoms with Gasteiger partial charge in [0.05, 0.1) is 6.54 Å². The molecule has 1 N–H and O–H groups in total. The molecule has 6 nitrogen and oxygen atoms in total. The van der Waals surface area contributed by atoms with Crippen molar-refractivity contribution in [3.8, 4) is 0 Å². The van der Waals surface area contributed by atoms with Gasteiger partial charge in [-0.3, -0.25) is 14.2 Å². The summed E-state index contributed by atoms with van der Waals surface area (Å²) in [6.07, 6.45) is 2.34. The van der Waals surface area contributed by atoms with E-state index in [2.05, 4.69) is 10.3 Å². The van der Waals surface area contributed by atoms with Crippen LogP contribution in [0.5, 0.6) is 0 Å². The molecule has 0 saturated carbocycles. The predicted octanol–water partition coefficient (Wildman–Crippen LogP) is 2.52.